The summed E-state index contributed by atoms with van der Waals surface area (Å²) in [4.78, 5) is 34.5. The van der Waals surface area contributed by atoms with Gasteiger partial charge in [0, 0.05) is 72.2 Å². The normalized spacial score (nSPS) is 11.4. The molecule has 0 spiro atoms. The van der Waals surface area contributed by atoms with Crippen molar-refractivity contribution in [2.24, 2.45) is 10.2 Å². The molecule has 3 N–H and O–H groups in total. The Labute approximate surface area is 378 Å². The first kappa shape index (κ1) is 51.4. The number of nitro benzene ring substituents is 1. The summed E-state index contributed by atoms with van der Waals surface area (Å²) >= 11 is 0. The number of carbonyl (C=O) groups excluding carboxylic acids is 1. The maximum absolute atomic E-state index is 12.2. The molecule has 1 aliphatic carbocycles. The average molecular weight is 932 g/mol. The monoisotopic (exact) mass is 931 g/mol. The Hall–Kier alpha value is -6.95. The number of ketones is 1. The third-order valence-electron chi connectivity index (χ3n) is 9.71. The standard InChI is InChI=1S/C28H30N2O3.C16H14N4O8S.Cr.H2O/c1-5-29(6-2)19-13-15-23-25(17-19)33-26-18-20(30(7-3)8-4)14-16-24(26)27(23)21-11-9-10-12-22(21)28(31)32;1-9(21)14(16(23)17-10-5-3-2-4-6-10)19-18-12-7-11(20(24)25)8-13(15(12)22)29(26,27)28;;/h9-18H,5-8H2,1-4H3;2-8,17,22-23H,1H3,(H,26,27,28);;1H2/q;;+3;/p-3/b;16-14-,19-18?;;. The minimum Gasteiger partial charge on any atom is -0.870 e. The van der Waals surface area contributed by atoms with Crippen LogP contribution in [0.4, 0.5) is 22.7 Å². The third kappa shape index (κ3) is 11.7. The van der Waals surface area contributed by atoms with E-state index in [0.29, 0.717) is 23.4 Å². The molecule has 1 radical (unpaired) electrons. The number of azo groups is 1. The third-order valence-corrected chi connectivity index (χ3v) is 10.6. The summed E-state index contributed by atoms with van der Waals surface area (Å²) in [5.41, 5.74) is 2.37. The number of allylic oxidation sites excluding steroid dienone is 1. The topological polar surface area (TPSA) is 287 Å². The number of hydrogen-bond donors (Lipinski definition) is 2. The van der Waals surface area contributed by atoms with E-state index < -0.39 is 60.4 Å². The summed E-state index contributed by atoms with van der Waals surface area (Å²) in [5.74, 6) is -3.48. The van der Waals surface area contributed by atoms with Crippen LogP contribution < -0.4 is 30.4 Å². The van der Waals surface area contributed by atoms with Gasteiger partial charge in [0.1, 0.15) is 40.2 Å². The summed E-state index contributed by atoms with van der Waals surface area (Å²) < 4.78 is 42.2. The van der Waals surface area contributed by atoms with Gasteiger partial charge < -0.3 is 40.0 Å². The summed E-state index contributed by atoms with van der Waals surface area (Å²) in [6, 6.07) is 28.4. The van der Waals surface area contributed by atoms with Gasteiger partial charge in [-0.05, 0) is 75.5 Å². The molecule has 64 heavy (non-hydrogen) atoms. The van der Waals surface area contributed by atoms with Crippen molar-refractivity contribution in [1.29, 1.82) is 0 Å². The van der Waals surface area contributed by atoms with Gasteiger partial charge in [-0.3, -0.25) is 14.9 Å². The van der Waals surface area contributed by atoms with E-state index in [2.05, 4.69) is 89.1 Å². The number of carboxylic acids is 1. The van der Waals surface area contributed by atoms with Crippen molar-refractivity contribution in [3.63, 3.8) is 0 Å². The minimum atomic E-state index is -5.35. The molecule has 0 unspecified atom stereocenters. The van der Waals surface area contributed by atoms with E-state index >= 15 is 0 Å². The van der Waals surface area contributed by atoms with Crippen LogP contribution in [0.2, 0.25) is 0 Å². The number of carboxylic acid groups (broad SMARTS) is 1. The molecule has 0 atom stereocenters. The van der Waals surface area contributed by atoms with E-state index in [1.165, 1.54) is 12.1 Å². The Kier molecular flexibility index (Phi) is 18.0. The van der Waals surface area contributed by atoms with Crippen molar-refractivity contribution < 1.29 is 70.1 Å². The molecule has 0 saturated heterocycles. The molecule has 4 aromatic carbocycles. The molecule has 4 aromatic rings. The molecule has 0 fully saturated rings. The average Bonchev–Trinajstić information content (AvgIpc) is 3.24. The molecule has 0 amide bonds. The fourth-order valence-corrected chi connectivity index (χ4v) is 7.24. The number of benzene rings is 5. The maximum Gasteiger partial charge on any atom is 3.00 e. The van der Waals surface area contributed by atoms with Crippen molar-refractivity contribution in [1.82, 2.24) is 4.58 Å². The predicted molar refractivity (Wildman–Crippen MR) is 230 cm³/mol. The van der Waals surface area contributed by atoms with Crippen molar-refractivity contribution in [2.45, 2.75) is 39.5 Å². The van der Waals surface area contributed by atoms with Crippen LogP contribution in [0.3, 0.4) is 0 Å². The predicted octanol–water partition coefficient (Wildman–Crippen LogP) is 6.27. The zero-order valence-corrected chi connectivity index (χ0v) is 37.3. The number of anilines is 2. The summed E-state index contributed by atoms with van der Waals surface area (Å²) in [7, 11) is -5.35. The molecule has 1 aliphatic heterocycles. The number of rotatable bonds is 14. The molecule has 20 heteroatoms. The van der Waals surface area contributed by atoms with Crippen LogP contribution in [0.15, 0.2) is 134 Å². The van der Waals surface area contributed by atoms with Crippen molar-refractivity contribution in [3.8, 4) is 28.2 Å². The van der Waals surface area contributed by atoms with Gasteiger partial charge in [0.2, 0.25) is 5.36 Å². The van der Waals surface area contributed by atoms with Crippen LogP contribution >= 0.6 is 0 Å². The number of non-ortho nitro benzene ring substituents is 1. The number of fused-ring (bicyclic) bond motifs is 2. The van der Waals surface area contributed by atoms with E-state index in [0.717, 1.165) is 72.0 Å². The molecule has 0 bridgehead atoms. The molecular formula is C44H43CrN6O12S. The zero-order chi connectivity index (χ0) is 45.3. The molecular weight excluding hydrogens is 889 g/mol. The van der Waals surface area contributed by atoms with Gasteiger partial charge in [-0.1, -0.05) is 42.1 Å². The molecule has 0 saturated carbocycles. The van der Waals surface area contributed by atoms with Gasteiger partial charge in [-0.25, -0.2) is 17.8 Å². The van der Waals surface area contributed by atoms with Crippen LogP contribution in [-0.2, 0) is 32.3 Å². The van der Waals surface area contributed by atoms with Gasteiger partial charge in [-0.2, -0.15) is 5.11 Å². The van der Waals surface area contributed by atoms with E-state index in [9.17, 15) is 48.0 Å². The molecule has 1 heterocycles. The Morgan fingerprint density at radius 2 is 1.52 bits per heavy atom. The van der Waals surface area contributed by atoms with Crippen LogP contribution in [0.25, 0.3) is 33.4 Å². The molecule has 333 valence electrons. The number of nitro groups is 1. The quantitative estimate of drug-likeness (QED) is 0.0178. The number of nitrogens with one attached hydrogen (secondary N) is 1. The number of Topliss-reactive ketones (excluding diaryl/α,β-unsaturated/α-hetero) is 1. The summed E-state index contributed by atoms with van der Waals surface area (Å²) in [5, 5.41) is 56.1. The molecule has 0 aromatic heterocycles. The minimum absolute atomic E-state index is 0. The van der Waals surface area contributed by atoms with Crippen LogP contribution in [0.5, 0.6) is 5.75 Å². The Morgan fingerprint density at radius 1 is 0.875 bits per heavy atom. The Bertz CT molecular complexity index is 2870. The summed E-state index contributed by atoms with van der Waals surface area (Å²) in [6.07, 6.45) is 0. The fraction of sp³-hybridized carbons (Fsp3) is 0.205. The van der Waals surface area contributed by atoms with Gasteiger partial charge in [0.25, 0.3) is 5.69 Å². The smallest absolute Gasteiger partial charge is 0.870 e. The SMILES string of the molecule is CC(=O)/C(N=Nc1cc([N+](=O)[O-])cc(S(=O)(=O)[O-])c1[O-])=C(/[O-])Nc1ccccc1.CCN(CC)c1ccc2c(-c3ccccc3C(=O)O)c3ccc(=[N+](CC)CC)cc-3oc2c1.[Cr+3].[OH-]. The first-order valence-electron chi connectivity index (χ1n) is 19.3. The van der Waals surface area contributed by atoms with Crippen LogP contribution in [0.1, 0.15) is 45.0 Å². The number of hydrogen-bond acceptors (Lipinski definition) is 15. The van der Waals surface area contributed by atoms with Crippen LogP contribution in [-0.4, -0.2) is 66.4 Å². The molecule has 18 nitrogen and oxygen atoms in total. The second-order valence-electron chi connectivity index (χ2n) is 13.5. The fourth-order valence-electron chi connectivity index (χ4n) is 6.65. The number of aromatic carboxylic acids is 1. The van der Waals surface area contributed by atoms with Gasteiger partial charge >= 0.3 is 23.3 Å². The number of carbonyl (C=O) groups is 2. The zero-order valence-electron chi connectivity index (χ0n) is 35.2. The Morgan fingerprint density at radius 3 is 2.09 bits per heavy atom. The molecule has 2 aliphatic rings. The van der Waals surface area contributed by atoms with Crippen LogP contribution in [0, 0.1) is 10.1 Å². The second-order valence-corrected chi connectivity index (χ2v) is 14.8. The molecule has 6 rings (SSSR count). The maximum atomic E-state index is 12.2. The first-order chi connectivity index (χ1) is 29.5. The van der Waals surface area contributed by atoms with Gasteiger partial charge in [0.15, 0.2) is 5.78 Å². The van der Waals surface area contributed by atoms with Crippen molar-refractivity contribution in [3.05, 3.63) is 136 Å². The van der Waals surface area contributed by atoms with Crippen molar-refractivity contribution >= 4 is 55.6 Å². The van der Waals surface area contributed by atoms with Crippen molar-refractivity contribution in [2.75, 3.05) is 36.4 Å². The van der Waals surface area contributed by atoms with E-state index in [1.807, 2.05) is 12.1 Å². The number of nitrogens with zero attached hydrogens (tertiary/aromatic N) is 5. The van der Waals surface area contributed by atoms with E-state index in [4.69, 9.17) is 4.42 Å². The first-order valence-corrected chi connectivity index (χ1v) is 20.7. The Balaban J connectivity index is 0.000000333. The van der Waals surface area contributed by atoms with E-state index in [-0.39, 0.29) is 28.4 Å². The van der Waals surface area contributed by atoms with E-state index in [1.54, 1.807) is 30.3 Å². The van der Waals surface area contributed by atoms with Gasteiger partial charge in [0.05, 0.1) is 27.1 Å². The van der Waals surface area contributed by atoms with Gasteiger partial charge in [-0.15, -0.1) is 5.11 Å². The summed E-state index contributed by atoms with van der Waals surface area (Å²) in [6.45, 7) is 13.1. The second kappa shape index (κ2) is 22.4. The largest absolute Gasteiger partial charge is 3.00 e. The number of para-hydroxylation sites is 1.